The van der Waals surface area contributed by atoms with Gasteiger partial charge in [0.15, 0.2) is 5.02 Å². The van der Waals surface area contributed by atoms with Crippen molar-refractivity contribution in [3.63, 3.8) is 0 Å². The minimum Gasteiger partial charge on any atom is -0.358 e. The Morgan fingerprint density at radius 1 is 1.65 bits per heavy atom. The van der Waals surface area contributed by atoms with Crippen LogP contribution in [0, 0.1) is 17.0 Å². The first-order valence-corrected chi connectivity index (χ1v) is 5.49. The Morgan fingerprint density at radius 3 is 2.76 bits per heavy atom. The van der Waals surface area contributed by atoms with Crippen molar-refractivity contribution < 1.29 is 9.72 Å². The van der Waals surface area contributed by atoms with Gasteiger partial charge in [0.05, 0.1) is 10.8 Å². The number of aromatic nitrogens is 2. The van der Waals surface area contributed by atoms with Gasteiger partial charge in [0.1, 0.15) is 6.54 Å². The molecule has 0 unspecified atom stereocenters. The number of hydrogen-bond acceptors (Lipinski definition) is 4. The highest BCUT2D eigenvalue weighted by Gasteiger charge is 2.24. The van der Waals surface area contributed by atoms with Crippen LogP contribution in [-0.4, -0.2) is 27.2 Å². The van der Waals surface area contributed by atoms with Crippen molar-refractivity contribution in [2.45, 2.75) is 26.8 Å². The summed E-state index contributed by atoms with van der Waals surface area (Å²) in [5.41, 5.74) is 0.407. The number of nitro groups is 1. The molecule has 0 aromatic carbocycles. The maximum absolute atomic E-state index is 11.4. The summed E-state index contributed by atoms with van der Waals surface area (Å²) in [6, 6.07) is 0. The molecule has 0 atom stereocenters. The van der Waals surface area contributed by atoms with Crippen molar-refractivity contribution in [2.24, 2.45) is 0 Å². The summed E-state index contributed by atoms with van der Waals surface area (Å²) in [4.78, 5) is 21.3. The van der Waals surface area contributed by atoms with E-state index in [0.29, 0.717) is 12.2 Å². The van der Waals surface area contributed by atoms with Crippen molar-refractivity contribution in [3.8, 4) is 0 Å². The summed E-state index contributed by atoms with van der Waals surface area (Å²) in [5, 5.41) is 16.9. The molecule has 1 amide bonds. The predicted molar refractivity (Wildman–Crippen MR) is 61.9 cm³/mol. The first-order valence-electron chi connectivity index (χ1n) is 5.11. The summed E-state index contributed by atoms with van der Waals surface area (Å²) < 4.78 is 1.23. The molecule has 0 saturated carbocycles. The topological polar surface area (TPSA) is 90.1 Å². The van der Waals surface area contributed by atoms with Crippen LogP contribution in [0.25, 0.3) is 0 Å². The predicted octanol–water partition coefficient (Wildman–Crippen LogP) is 1.28. The Bertz CT molecular complexity index is 444. The summed E-state index contributed by atoms with van der Waals surface area (Å²) in [6.45, 7) is 4.00. The van der Waals surface area contributed by atoms with E-state index in [1.54, 1.807) is 6.92 Å². The number of nitrogens with one attached hydrogen (secondary N) is 1. The van der Waals surface area contributed by atoms with Gasteiger partial charge < -0.3 is 15.4 Å². The van der Waals surface area contributed by atoms with Crippen LogP contribution in [0.15, 0.2) is 0 Å². The molecule has 1 N–H and O–H groups in total. The molecule has 94 valence electrons. The normalized spacial score (nSPS) is 10.3. The zero-order valence-corrected chi connectivity index (χ0v) is 10.3. The van der Waals surface area contributed by atoms with Gasteiger partial charge in [-0.15, -0.1) is 0 Å². The van der Waals surface area contributed by atoms with Gasteiger partial charge in [0.25, 0.3) is 0 Å². The van der Waals surface area contributed by atoms with E-state index in [0.717, 1.165) is 6.42 Å². The van der Waals surface area contributed by atoms with Crippen molar-refractivity contribution in [1.29, 1.82) is 0 Å². The average molecular weight is 261 g/mol. The molecular formula is C9H13ClN4O3. The molecule has 1 aromatic rings. The average Bonchev–Trinajstić information content (AvgIpc) is 2.55. The second-order valence-corrected chi connectivity index (χ2v) is 3.87. The molecule has 1 aromatic heterocycles. The fraction of sp³-hybridized carbons (Fsp3) is 0.556. The van der Waals surface area contributed by atoms with Gasteiger partial charge in [-0.1, -0.05) is 18.5 Å². The summed E-state index contributed by atoms with van der Waals surface area (Å²) in [5.74, 6) is -0.670. The number of carbonyl (C=O) groups is 1. The molecule has 0 fully saturated rings. The van der Waals surface area contributed by atoms with E-state index in [9.17, 15) is 14.9 Å². The largest absolute Gasteiger partial charge is 0.408 e. The van der Waals surface area contributed by atoms with Gasteiger partial charge in [0.2, 0.25) is 5.91 Å². The molecule has 8 heteroatoms. The standard InChI is InChI=1S/C9H13ClN4O3/c1-3-4-11-7(15)5-13-6(2)8(10)9(12-13)14(16)17/h3-5H2,1-2H3,(H,11,15). The zero-order valence-electron chi connectivity index (χ0n) is 9.57. The van der Waals surface area contributed by atoms with Crippen LogP contribution < -0.4 is 5.32 Å². The SMILES string of the molecule is CCCNC(=O)Cn1nc([N+](=O)[O-])c(Cl)c1C. The molecule has 0 bridgehead atoms. The number of nitrogens with zero attached hydrogens (tertiary/aromatic N) is 3. The van der Waals surface area contributed by atoms with Crippen LogP contribution in [0.5, 0.6) is 0 Å². The third-order valence-electron chi connectivity index (χ3n) is 2.16. The Labute approximate surface area is 103 Å². The Kier molecular flexibility index (Phi) is 4.45. The van der Waals surface area contributed by atoms with Gasteiger partial charge in [-0.25, -0.2) is 0 Å². The van der Waals surface area contributed by atoms with Crippen LogP contribution in [0.1, 0.15) is 19.0 Å². The monoisotopic (exact) mass is 260 g/mol. The van der Waals surface area contributed by atoms with Gasteiger partial charge >= 0.3 is 5.82 Å². The van der Waals surface area contributed by atoms with Crippen LogP contribution in [-0.2, 0) is 11.3 Å². The zero-order chi connectivity index (χ0) is 13.0. The molecule has 0 saturated heterocycles. The van der Waals surface area contributed by atoms with E-state index >= 15 is 0 Å². The van der Waals surface area contributed by atoms with E-state index < -0.39 is 10.7 Å². The second-order valence-electron chi connectivity index (χ2n) is 3.49. The quantitative estimate of drug-likeness (QED) is 0.638. The van der Waals surface area contributed by atoms with E-state index in [-0.39, 0.29) is 17.5 Å². The van der Waals surface area contributed by atoms with Gasteiger partial charge in [0, 0.05) is 6.54 Å². The molecule has 7 nitrogen and oxygen atoms in total. The van der Waals surface area contributed by atoms with E-state index in [1.165, 1.54) is 4.68 Å². The Balaban J connectivity index is 2.82. The molecule has 0 aliphatic rings. The molecule has 0 radical (unpaired) electrons. The molecule has 17 heavy (non-hydrogen) atoms. The van der Waals surface area contributed by atoms with Crippen LogP contribution in [0.4, 0.5) is 5.82 Å². The highest BCUT2D eigenvalue weighted by atomic mass is 35.5. The van der Waals surface area contributed by atoms with E-state index in [2.05, 4.69) is 10.4 Å². The maximum Gasteiger partial charge on any atom is 0.408 e. The lowest BCUT2D eigenvalue weighted by molar-refractivity contribution is -0.389. The lowest BCUT2D eigenvalue weighted by Crippen LogP contribution is -2.28. The van der Waals surface area contributed by atoms with Crippen molar-refractivity contribution in [1.82, 2.24) is 15.1 Å². The van der Waals surface area contributed by atoms with Crippen LogP contribution in [0.2, 0.25) is 5.02 Å². The fourth-order valence-electron chi connectivity index (χ4n) is 1.24. The highest BCUT2D eigenvalue weighted by molar-refractivity contribution is 6.33. The van der Waals surface area contributed by atoms with Gasteiger partial charge in [-0.2, -0.15) is 4.68 Å². The lowest BCUT2D eigenvalue weighted by Gasteiger charge is -2.02. The van der Waals surface area contributed by atoms with Crippen molar-refractivity contribution in [3.05, 3.63) is 20.8 Å². The van der Waals surface area contributed by atoms with Gasteiger partial charge in [-0.05, 0) is 18.3 Å². The highest BCUT2D eigenvalue weighted by Crippen LogP contribution is 2.26. The van der Waals surface area contributed by atoms with Crippen molar-refractivity contribution >= 4 is 23.3 Å². The third kappa shape index (κ3) is 3.16. The number of hydrogen-bond donors (Lipinski definition) is 1. The Hall–Kier alpha value is -1.63. The maximum atomic E-state index is 11.4. The molecule has 0 spiro atoms. The molecule has 1 heterocycles. The molecule has 0 aliphatic carbocycles. The number of halogens is 1. The summed E-state index contributed by atoms with van der Waals surface area (Å²) in [6.07, 6.45) is 0.824. The number of rotatable bonds is 5. The van der Waals surface area contributed by atoms with E-state index in [4.69, 9.17) is 11.6 Å². The summed E-state index contributed by atoms with van der Waals surface area (Å²) >= 11 is 5.74. The first-order chi connectivity index (χ1) is 7.97. The third-order valence-corrected chi connectivity index (χ3v) is 2.60. The number of amides is 1. The molecule has 0 aliphatic heterocycles. The van der Waals surface area contributed by atoms with Crippen molar-refractivity contribution in [2.75, 3.05) is 6.54 Å². The molecule has 1 rings (SSSR count). The summed E-state index contributed by atoms with van der Waals surface area (Å²) in [7, 11) is 0. The Morgan fingerprint density at radius 2 is 2.29 bits per heavy atom. The first kappa shape index (κ1) is 13.4. The number of carbonyl (C=O) groups excluding carboxylic acids is 1. The lowest BCUT2D eigenvalue weighted by atomic mass is 10.4. The molecular weight excluding hydrogens is 248 g/mol. The minimum absolute atomic E-state index is 0.0294. The van der Waals surface area contributed by atoms with Crippen LogP contribution in [0.3, 0.4) is 0 Å². The van der Waals surface area contributed by atoms with E-state index in [1.807, 2.05) is 6.92 Å². The fourth-order valence-corrected chi connectivity index (χ4v) is 1.44. The van der Waals surface area contributed by atoms with Crippen LogP contribution >= 0.6 is 11.6 Å². The smallest absolute Gasteiger partial charge is 0.358 e. The minimum atomic E-state index is -0.671. The second kappa shape index (κ2) is 5.62. The van der Waals surface area contributed by atoms with Gasteiger partial charge in [-0.3, -0.25) is 4.79 Å².